The van der Waals surface area contributed by atoms with Gasteiger partial charge in [-0.3, -0.25) is 8.22 Å². The first kappa shape index (κ1) is 17.5. The molecule has 0 aromatic rings. The van der Waals surface area contributed by atoms with E-state index >= 15 is 0 Å². The summed E-state index contributed by atoms with van der Waals surface area (Å²) in [5.41, 5.74) is 0. The van der Waals surface area contributed by atoms with Crippen molar-refractivity contribution in [2.75, 3.05) is 0 Å². The van der Waals surface area contributed by atoms with Crippen LogP contribution in [0.25, 0.3) is 0 Å². The lowest BCUT2D eigenvalue weighted by Crippen LogP contribution is -2.14. The van der Waals surface area contributed by atoms with Gasteiger partial charge in [0.15, 0.2) is 0 Å². The fourth-order valence-electron chi connectivity index (χ4n) is 0.473. The molecule has 0 aromatic carbocycles. The van der Waals surface area contributed by atoms with Gasteiger partial charge in [0.2, 0.25) is 0 Å². The second kappa shape index (κ2) is 8.24. The Kier molecular flexibility index (Phi) is 8.99. The normalized spacial score (nSPS) is 10.8. The first-order valence-electron chi connectivity index (χ1n) is 4.31. The maximum atomic E-state index is 11.9. The van der Waals surface area contributed by atoms with Crippen LogP contribution in [0.1, 0.15) is 12.8 Å². The average molecular weight is 274 g/mol. The summed E-state index contributed by atoms with van der Waals surface area (Å²) in [6.45, 7) is 0.949. The zero-order chi connectivity index (χ0) is 13.2. The Bertz CT molecular complexity index is 232. The number of hydrogen-bond donors (Lipinski definition) is 0. The molecule has 0 N–H and O–H groups in total. The van der Waals surface area contributed by atoms with E-state index in [0.717, 1.165) is 6.55 Å². The minimum absolute atomic E-state index is 0.00424. The summed E-state index contributed by atoms with van der Waals surface area (Å²) in [6.07, 6.45) is -0.383. The molecule has 92 valence electrons. The van der Waals surface area contributed by atoms with E-state index in [9.17, 15) is 20.5 Å². The molecular weight excluding hydrogens is 263 g/mol. The molecule has 0 bridgehead atoms. The minimum Gasteiger partial charge on any atom is -0.271 e. The molecule has 0 aliphatic heterocycles. The predicted molar refractivity (Wildman–Crippen MR) is 53.0 cm³/mol. The van der Waals surface area contributed by atoms with Crippen molar-refractivity contribution in [3.05, 3.63) is 0 Å². The zero-order valence-corrected chi connectivity index (χ0v) is 10.6. The highest BCUT2D eigenvalue weighted by molar-refractivity contribution is 6.64. The molecule has 0 amide bonds. The topological polar surface area (TPSA) is 47.6 Å². The van der Waals surface area contributed by atoms with Crippen molar-refractivity contribution in [2.45, 2.75) is 31.5 Å². The zero-order valence-electron chi connectivity index (χ0n) is 8.61. The lowest BCUT2D eigenvalue weighted by atomic mass is 10.6. The van der Waals surface area contributed by atoms with E-state index < -0.39 is 23.9 Å². The molecule has 0 heterocycles. The van der Waals surface area contributed by atoms with Crippen molar-refractivity contribution in [3.63, 3.8) is 0 Å². The standard InChI is InChI=1S/C4H7F2NSi.C3H4F3NSi/c1-8(5,6)4-2-3-7;4-8(5,6)3-1-2-7/h2,4H2,1H3;1,3H2. The molecule has 0 atom stereocenters. The maximum absolute atomic E-state index is 11.9. The van der Waals surface area contributed by atoms with Gasteiger partial charge >= 0.3 is 17.8 Å². The van der Waals surface area contributed by atoms with Gasteiger partial charge in [0, 0.05) is 24.9 Å². The quantitative estimate of drug-likeness (QED) is 0.446. The minimum atomic E-state index is -5.40. The van der Waals surface area contributed by atoms with Crippen LogP contribution in [-0.4, -0.2) is 17.8 Å². The second-order valence-electron chi connectivity index (χ2n) is 3.00. The Morgan fingerprint density at radius 1 is 0.875 bits per heavy atom. The molecular formula is C7H11F5N2Si2. The third-order valence-electron chi connectivity index (χ3n) is 1.20. The molecule has 0 spiro atoms. The van der Waals surface area contributed by atoms with E-state index in [0.29, 0.717) is 0 Å². The number of nitrogens with zero attached hydrogens (tertiary/aromatic N) is 2. The highest BCUT2D eigenvalue weighted by Crippen LogP contribution is 2.15. The van der Waals surface area contributed by atoms with Crippen LogP contribution in [-0.2, 0) is 0 Å². The summed E-state index contributed by atoms with van der Waals surface area (Å²) < 4.78 is 57.5. The summed E-state index contributed by atoms with van der Waals surface area (Å²) in [5, 5.41) is 15.6. The van der Waals surface area contributed by atoms with Gasteiger partial charge in [0.1, 0.15) is 0 Å². The van der Waals surface area contributed by atoms with Gasteiger partial charge in [-0.2, -0.15) is 10.5 Å². The van der Waals surface area contributed by atoms with Gasteiger partial charge in [-0.05, 0) is 6.55 Å². The van der Waals surface area contributed by atoms with E-state index in [-0.39, 0.29) is 18.9 Å². The van der Waals surface area contributed by atoms with Gasteiger partial charge in [-0.1, -0.05) is 0 Å². The number of hydrogen-bond acceptors (Lipinski definition) is 2. The van der Waals surface area contributed by atoms with Gasteiger partial charge in [-0.15, -0.1) is 0 Å². The van der Waals surface area contributed by atoms with E-state index in [1.54, 1.807) is 6.07 Å². The Morgan fingerprint density at radius 2 is 1.25 bits per heavy atom. The highest BCUT2D eigenvalue weighted by atomic mass is 28.5. The van der Waals surface area contributed by atoms with Crippen molar-refractivity contribution in [1.82, 2.24) is 0 Å². The Morgan fingerprint density at radius 3 is 1.38 bits per heavy atom. The lowest BCUT2D eigenvalue weighted by molar-refractivity contribution is 0.469. The number of halogens is 5. The first-order valence-corrected chi connectivity index (χ1v) is 8.61. The molecule has 0 unspecified atom stereocenters. The Labute approximate surface area is 93.2 Å². The molecule has 0 saturated carbocycles. The predicted octanol–water partition coefficient (Wildman–Crippen LogP) is 3.66. The summed E-state index contributed by atoms with van der Waals surface area (Å²) >= 11 is 0. The lowest BCUT2D eigenvalue weighted by Gasteiger charge is -1.99. The first-order chi connectivity index (χ1) is 7.12. The van der Waals surface area contributed by atoms with Crippen LogP contribution in [0.5, 0.6) is 0 Å². The van der Waals surface area contributed by atoms with Gasteiger partial charge in [0.05, 0.1) is 12.1 Å². The number of nitriles is 2. The van der Waals surface area contributed by atoms with Crippen LogP contribution in [0, 0.1) is 22.7 Å². The molecule has 9 heteroatoms. The van der Waals surface area contributed by atoms with Crippen LogP contribution in [0.2, 0.25) is 18.6 Å². The third kappa shape index (κ3) is 23.1. The molecule has 0 aliphatic carbocycles. The summed E-state index contributed by atoms with van der Waals surface area (Å²) in [5.74, 6) is 0. The van der Waals surface area contributed by atoms with Crippen molar-refractivity contribution >= 4 is 17.8 Å². The van der Waals surface area contributed by atoms with E-state index in [1.807, 2.05) is 0 Å². The van der Waals surface area contributed by atoms with Crippen molar-refractivity contribution in [2.24, 2.45) is 0 Å². The number of rotatable bonds is 4. The second-order valence-corrected chi connectivity index (χ2v) is 7.37. The molecule has 0 rings (SSSR count). The Balaban J connectivity index is 0. The van der Waals surface area contributed by atoms with E-state index in [4.69, 9.17) is 10.5 Å². The van der Waals surface area contributed by atoms with Gasteiger partial charge in [0.25, 0.3) is 0 Å². The van der Waals surface area contributed by atoms with Gasteiger partial charge < -0.3 is 0 Å². The molecule has 0 aromatic heterocycles. The Hall–Kier alpha value is -0.936. The average Bonchev–Trinajstić information content (AvgIpc) is 2.10. The van der Waals surface area contributed by atoms with E-state index in [2.05, 4.69) is 0 Å². The summed E-state index contributed by atoms with van der Waals surface area (Å²) in [7, 11) is -9.30. The van der Waals surface area contributed by atoms with Crippen molar-refractivity contribution < 1.29 is 20.5 Å². The summed E-state index contributed by atoms with van der Waals surface area (Å²) in [4.78, 5) is 0. The molecule has 0 fully saturated rings. The SMILES string of the molecule is C[Si](F)(F)CCC#N.N#CCC[Si](F)(F)F. The third-order valence-corrected chi connectivity index (χ3v) is 3.14. The van der Waals surface area contributed by atoms with Crippen molar-refractivity contribution in [3.8, 4) is 12.1 Å². The summed E-state index contributed by atoms with van der Waals surface area (Å²) in [6, 6.07) is 2.07. The fourth-order valence-corrected chi connectivity index (χ4v) is 1.42. The van der Waals surface area contributed by atoms with Crippen LogP contribution < -0.4 is 0 Å². The fraction of sp³-hybridized carbons (Fsp3) is 0.714. The monoisotopic (exact) mass is 274 g/mol. The molecule has 2 nitrogen and oxygen atoms in total. The molecule has 0 aliphatic rings. The smallest absolute Gasteiger partial charge is 0.271 e. The molecule has 16 heavy (non-hydrogen) atoms. The maximum Gasteiger partial charge on any atom is 0.617 e. The van der Waals surface area contributed by atoms with Crippen LogP contribution >= 0.6 is 0 Å². The van der Waals surface area contributed by atoms with Crippen LogP contribution in [0.3, 0.4) is 0 Å². The highest BCUT2D eigenvalue weighted by Gasteiger charge is 2.35. The van der Waals surface area contributed by atoms with Gasteiger partial charge in [-0.25, -0.2) is 12.3 Å². The molecule has 0 saturated heterocycles. The largest absolute Gasteiger partial charge is 0.617 e. The van der Waals surface area contributed by atoms with Crippen LogP contribution in [0.4, 0.5) is 20.5 Å². The van der Waals surface area contributed by atoms with Crippen molar-refractivity contribution in [1.29, 1.82) is 10.5 Å². The van der Waals surface area contributed by atoms with Crippen LogP contribution in [0.15, 0.2) is 0 Å². The molecule has 0 radical (unpaired) electrons. The van der Waals surface area contributed by atoms with E-state index in [1.165, 1.54) is 6.07 Å².